The van der Waals surface area contributed by atoms with Crippen LogP contribution in [0, 0.1) is 6.92 Å². The minimum atomic E-state index is -0.674. The van der Waals surface area contributed by atoms with Crippen LogP contribution in [0.5, 0.6) is 0 Å². The number of fused-ring (bicyclic) bond motifs is 1. The second-order valence-electron chi connectivity index (χ2n) is 7.58. The van der Waals surface area contributed by atoms with Gasteiger partial charge in [0, 0.05) is 11.8 Å². The van der Waals surface area contributed by atoms with Gasteiger partial charge in [0.1, 0.15) is 11.8 Å². The van der Waals surface area contributed by atoms with Crippen molar-refractivity contribution in [2.24, 2.45) is 5.10 Å². The van der Waals surface area contributed by atoms with E-state index in [0.29, 0.717) is 17.6 Å². The van der Waals surface area contributed by atoms with E-state index in [1.54, 1.807) is 30.5 Å². The van der Waals surface area contributed by atoms with Crippen LogP contribution >= 0.6 is 0 Å². The number of furan rings is 1. The summed E-state index contributed by atoms with van der Waals surface area (Å²) in [6.45, 7) is 1.56. The Bertz CT molecular complexity index is 1310. The van der Waals surface area contributed by atoms with Crippen molar-refractivity contribution in [3.05, 3.63) is 89.5 Å². The van der Waals surface area contributed by atoms with Crippen LogP contribution in [0.15, 0.2) is 76.4 Å². The highest BCUT2D eigenvalue weighted by Gasteiger charge is 2.35. The van der Waals surface area contributed by atoms with Crippen LogP contribution in [0.1, 0.15) is 39.8 Å². The summed E-state index contributed by atoms with van der Waals surface area (Å²) in [7, 11) is 0. The van der Waals surface area contributed by atoms with Crippen LogP contribution in [-0.4, -0.2) is 39.4 Å². The van der Waals surface area contributed by atoms with Gasteiger partial charge in [-0.15, -0.1) is 0 Å². The molecule has 0 aliphatic carbocycles. The number of nitrogens with zero attached hydrogens (tertiary/aromatic N) is 3. The minimum Gasteiger partial charge on any atom is -0.467 e. The molecule has 160 valence electrons. The van der Waals surface area contributed by atoms with E-state index in [1.807, 2.05) is 43.3 Å². The van der Waals surface area contributed by atoms with E-state index in [4.69, 9.17) is 9.15 Å². The number of amides is 1. The number of hydrazone groups is 1. The average Bonchev–Trinajstić information content (AvgIpc) is 3.56. The molecule has 2 aromatic heterocycles. The number of para-hydroxylation sites is 1. The monoisotopic (exact) mass is 428 g/mol. The molecule has 1 amide bonds. The summed E-state index contributed by atoms with van der Waals surface area (Å²) in [6, 6.07) is 18.3. The molecule has 1 unspecified atom stereocenters. The first kappa shape index (κ1) is 19.7. The van der Waals surface area contributed by atoms with Crippen molar-refractivity contribution < 1.29 is 18.7 Å². The van der Waals surface area contributed by atoms with Gasteiger partial charge >= 0.3 is 5.97 Å². The molecule has 1 aliphatic rings. The fraction of sp³-hybridized carbons (Fsp3) is 0.167. The van der Waals surface area contributed by atoms with Gasteiger partial charge in [0.2, 0.25) is 0 Å². The number of hydrogen-bond donors (Lipinski definition) is 1. The molecule has 2 aromatic carbocycles. The fourth-order valence-corrected chi connectivity index (χ4v) is 3.74. The minimum absolute atomic E-state index is 0.140. The lowest BCUT2D eigenvalue weighted by Crippen LogP contribution is -2.31. The van der Waals surface area contributed by atoms with E-state index in [0.717, 1.165) is 22.4 Å². The topological polar surface area (TPSA) is 101 Å². The average molecular weight is 428 g/mol. The van der Waals surface area contributed by atoms with Crippen LogP contribution in [0.25, 0.3) is 10.9 Å². The van der Waals surface area contributed by atoms with Crippen molar-refractivity contribution in [2.45, 2.75) is 19.4 Å². The van der Waals surface area contributed by atoms with Crippen LogP contribution in [0.2, 0.25) is 0 Å². The molecule has 8 heteroatoms. The Kier molecular flexibility index (Phi) is 5.03. The standard InChI is InChI=1S/C24H20N4O4/c1-15-8-10-16(11-9-15)19-13-20(21-7-4-12-31-21)28(27-19)22(29)14-32-24(30)23-17-5-2-3-6-18(17)25-26-23/h2-12,20H,13-14H2,1H3,(H,25,26). The third kappa shape index (κ3) is 3.66. The number of hydrogen-bond acceptors (Lipinski definition) is 6. The van der Waals surface area contributed by atoms with Gasteiger partial charge in [-0.3, -0.25) is 9.89 Å². The maximum atomic E-state index is 13.0. The molecule has 0 saturated carbocycles. The second-order valence-corrected chi connectivity index (χ2v) is 7.58. The van der Waals surface area contributed by atoms with Crippen LogP contribution in [0.3, 0.4) is 0 Å². The predicted octanol–water partition coefficient (Wildman–Crippen LogP) is 4.00. The van der Waals surface area contributed by atoms with Gasteiger partial charge in [0.05, 0.1) is 17.5 Å². The van der Waals surface area contributed by atoms with E-state index in [2.05, 4.69) is 15.3 Å². The lowest BCUT2D eigenvalue weighted by Gasteiger charge is -2.19. The molecule has 1 N–H and O–H groups in total. The summed E-state index contributed by atoms with van der Waals surface area (Å²) in [6.07, 6.45) is 2.06. The first-order chi connectivity index (χ1) is 15.6. The Morgan fingerprint density at radius 2 is 1.94 bits per heavy atom. The SMILES string of the molecule is Cc1ccc(C2=NN(C(=O)COC(=O)c3n[nH]c4ccccc34)C(c3ccco3)C2)cc1. The predicted molar refractivity (Wildman–Crippen MR) is 117 cm³/mol. The number of esters is 1. The summed E-state index contributed by atoms with van der Waals surface area (Å²) >= 11 is 0. The normalized spacial score (nSPS) is 15.7. The summed E-state index contributed by atoms with van der Waals surface area (Å²) in [5.74, 6) is -0.497. The molecule has 8 nitrogen and oxygen atoms in total. The molecular formula is C24H20N4O4. The van der Waals surface area contributed by atoms with Crippen LogP contribution in [-0.2, 0) is 9.53 Å². The smallest absolute Gasteiger partial charge is 0.359 e. The maximum absolute atomic E-state index is 13.0. The Balaban J connectivity index is 1.35. The molecule has 32 heavy (non-hydrogen) atoms. The first-order valence-electron chi connectivity index (χ1n) is 10.2. The van der Waals surface area contributed by atoms with Gasteiger partial charge in [-0.1, -0.05) is 48.0 Å². The Labute approximate surface area is 183 Å². The molecule has 0 radical (unpaired) electrons. The maximum Gasteiger partial charge on any atom is 0.359 e. The largest absolute Gasteiger partial charge is 0.467 e. The van der Waals surface area contributed by atoms with E-state index >= 15 is 0 Å². The number of ether oxygens (including phenoxy) is 1. The Morgan fingerprint density at radius 3 is 2.72 bits per heavy atom. The number of H-pyrrole nitrogens is 1. The van der Waals surface area contributed by atoms with E-state index in [-0.39, 0.29) is 5.69 Å². The molecule has 0 bridgehead atoms. The van der Waals surface area contributed by atoms with Gasteiger partial charge in [-0.05, 0) is 30.7 Å². The van der Waals surface area contributed by atoms with Gasteiger partial charge in [-0.25, -0.2) is 9.80 Å². The third-order valence-corrected chi connectivity index (χ3v) is 5.41. The summed E-state index contributed by atoms with van der Waals surface area (Å²) in [5, 5.41) is 13.3. The van der Waals surface area contributed by atoms with Gasteiger partial charge in [-0.2, -0.15) is 10.2 Å². The fourth-order valence-electron chi connectivity index (χ4n) is 3.74. The summed E-state index contributed by atoms with van der Waals surface area (Å²) < 4.78 is 10.8. The number of rotatable bonds is 5. The number of benzene rings is 2. The zero-order chi connectivity index (χ0) is 22.1. The number of aromatic nitrogens is 2. The lowest BCUT2D eigenvalue weighted by atomic mass is 10.0. The summed E-state index contributed by atoms with van der Waals surface area (Å²) in [5.41, 5.74) is 3.70. The number of aryl methyl sites for hydroxylation is 1. The number of nitrogens with one attached hydrogen (secondary N) is 1. The molecule has 4 aromatic rings. The first-order valence-corrected chi connectivity index (χ1v) is 10.2. The van der Waals surface area contributed by atoms with Crippen molar-refractivity contribution >= 4 is 28.5 Å². The Hall–Kier alpha value is -4.20. The molecule has 0 saturated heterocycles. The van der Waals surface area contributed by atoms with Crippen molar-refractivity contribution in [1.82, 2.24) is 15.2 Å². The number of carbonyl (C=O) groups is 2. The molecule has 5 rings (SSSR count). The van der Waals surface area contributed by atoms with E-state index in [1.165, 1.54) is 5.01 Å². The summed E-state index contributed by atoms with van der Waals surface area (Å²) in [4.78, 5) is 25.5. The number of aromatic amines is 1. The molecule has 0 spiro atoms. The highest BCUT2D eigenvalue weighted by atomic mass is 16.5. The third-order valence-electron chi connectivity index (χ3n) is 5.41. The highest BCUT2D eigenvalue weighted by Crippen LogP contribution is 2.33. The zero-order valence-electron chi connectivity index (χ0n) is 17.3. The second kappa shape index (κ2) is 8.14. The van der Waals surface area contributed by atoms with Crippen molar-refractivity contribution in [2.75, 3.05) is 6.61 Å². The lowest BCUT2D eigenvalue weighted by molar-refractivity contribution is -0.136. The van der Waals surface area contributed by atoms with Crippen LogP contribution < -0.4 is 0 Å². The zero-order valence-corrected chi connectivity index (χ0v) is 17.3. The van der Waals surface area contributed by atoms with Gasteiger partial charge in [0.15, 0.2) is 12.3 Å². The number of carbonyl (C=O) groups excluding carboxylic acids is 2. The van der Waals surface area contributed by atoms with Crippen molar-refractivity contribution in [3.8, 4) is 0 Å². The van der Waals surface area contributed by atoms with Crippen LogP contribution in [0.4, 0.5) is 0 Å². The molecule has 3 heterocycles. The highest BCUT2D eigenvalue weighted by molar-refractivity contribution is 6.04. The van der Waals surface area contributed by atoms with Crippen molar-refractivity contribution in [1.29, 1.82) is 0 Å². The van der Waals surface area contributed by atoms with Gasteiger partial charge in [0.25, 0.3) is 5.91 Å². The molecule has 1 aliphatic heterocycles. The van der Waals surface area contributed by atoms with Crippen molar-refractivity contribution in [3.63, 3.8) is 0 Å². The molecule has 0 fully saturated rings. The quantitative estimate of drug-likeness (QED) is 0.484. The van der Waals surface area contributed by atoms with E-state index in [9.17, 15) is 9.59 Å². The van der Waals surface area contributed by atoms with Gasteiger partial charge < -0.3 is 9.15 Å². The molecular weight excluding hydrogens is 408 g/mol. The molecule has 1 atom stereocenters. The Morgan fingerprint density at radius 1 is 1.12 bits per heavy atom. The van der Waals surface area contributed by atoms with E-state index < -0.39 is 24.5 Å².